The second-order valence-corrected chi connectivity index (χ2v) is 8.49. The van der Waals surface area contributed by atoms with Crippen molar-refractivity contribution in [1.82, 2.24) is 24.6 Å². The summed E-state index contributed by atoms with van der Waals surface area (Å²) in [6, 6.07) is 13.3. The summed E-state index contributed by atoms with van der Waals surface area (Å²) in [7, 11) is 1.81. The lowest BCUT2D eigenvalue weighted by Crippen LogP contribution is -2.59. The molecule has 2 aromatic heterocycles. The third-order valence-corrected chi connectivity index (χ3v) is 6.06. The Morgan fingerprint density at radius 3 is 2.69 bits per heavy atom. The summed E-state index contributed by atoms with van der Waals surface area (Å²) in [5.74, 6) is -0.308. The molecule has 7 heteroatoms. The molecule has 3 aromatic rings. The molecule has 0 saturated carbocycles. The lowest BCUT2D eigenvalue weighted by Gasteiger charge is -2.40. The molecule has 4 rings (SSSR count). The predicted molar refractivity (Wildman–Crippen MR) is 123 cm³/mol. The van der Waals surface area contributed by atoms with Gasteiger partial charge >= 0.3 is 0 Å². The van der Waals surface area contributed by atoms with E-state index in [9.17, 15) is 9.59 Å². The summed E-state index contributed by atoms with van der Waals surface area (Å²) in [6.07, 6.45) is 5.92. The van der Waals surface area contributed by atoms with Gasteiger partial charge in [-0.05, 0) is 30.2 Å². The number of carbonyl (C=O) groups excluding carboxylic acids is 2. The van der Waals surface area contributed by atoms with Crippen LogP contribution in [-0.2, 0) is 22.6 Å². The second-order valence-electron chi connectivity index (χ2n) is 8.49. The number of rotatable bonds is 6. The normalized spacial score (nSPS) is 17.5. The molecule has 0 aliphatic carbocycles. The van der Waals surface area contributed by atoms with Crippen LogP contribution >= 0.6 is 0 Å². The lowest BCUT2D eigenvalue weighted by molar-refractivity contribution is -0.152. The van der Waals surface area contributed by atoms with Crippen LogP contribution in [0.2, 0.25) is 0 Å². The molecule has 1 aliphatic heterocycles. The van der Waals surface area contributed by atoms with Crippen LogP contribution in [0.15, 0.2) is 61.1 Å². The van der Waals surface area contributed by atoms with Gasteiger partial charge in [0, 0.05) is 50.7 Å². The molecule has 7 nitrogen and oxygen atoms in total. The summed E-state index contributed by atoms with van der Waals surface area (Å²) in [4.78, 5) is 34.3. The van der Waals surface area contributed by atoms with E-state index in [-0.39, 0.29) is 17.7 Å². The van der Waals surface area contributed by atoms with Gasteiger partial charge in [-0.25, -0.2) is 0 Å². The van der Waals surface area contributed by atoms with Crippen LogP contribution in [0.25, 0.3) is 11.1 Å². The highest BCUT2D eigenvalue weighted by Gasteiger charge is 2.37. The zero-order valence-electron chi connectivity index (χ0n) is 18.8. The number of aryl methyl sites for hydroxylation is 1. The van der Waals surface area contributed by atoms with Crippen molar-refractivity contribution in [3.8, 4) is 11.1 Å². The first-order valence-corrected chi connectivity index (χ1v) is 11.0. The first-order chi connectivity index (χ1) is 15.4. The van der Waals surface area contributed by atoms with E-state index in [1.54, 1.807) is 27.7 Å². The maximum absolute atomic E-state index is 13.4. The monoisotopic (exact) mass is 431 g/mol. The van der Waals surface area contributed by atoms with Gasteiger partial charge in [0.15, 0.2) is 0 Å². The molecular formula is C25H29N5O2. The Balaban J connectivity index is 1.59. The minimum atomic E-state index is -0.527. The number of pyridine rings is 1. The van der Waals surface area contributed by atoms with Gasteiger partial charge in [-0.3, -0.25) is 19.3 Å². The smallest absolute Gasteiger partial charge is 0.245 e. The fraction of sp³-hybridized carbons (Fsp3) is 0.360. The van der Waals surface area contributed by atoms with Crippen LogP contribution in [0.5, 0.6) is 0 Å². The minimum absolute atomic E-state index is 0.0107. The van der Waals surface area contributed by atoms with Crippen molar-refractivity contribution in [3.05, 3.63) is 72.3 Å². The molecular weight excluding hydrogens is 402 g/mol. The van der Waals surface area contributed by atoms with Crippen molar-refractivity contribution in [2.45, 2.75) is 32.9 Å². The molecule has 2 atom stereocenters. The van der Waals surface area contributed by atoms with Gasteiger partial charge in [0.2, 0.25) is 11.8 Å². The summed E-state index contributed by atoms with van der Waals surface area (Å²) in [5, 5.41) is 4.40. The van der Waals surface area contributed by atoms with E-state index in [2.05, 4.69) is 10.1 Å². The third kappa shape index (κ3) is 4.56. The van der Waals surface area contributed by atoms with E-state index in [1.807, 2.05) is 68.7 Å². The Morgan fingerprint density at radius 1 is 1.16 bits per heavy atom. The molecule has 0 bridgehead atoms. The highest BCUT2D eigenvalue weighted by atomic mass is 16.2. The van der Waals surface area contributed by atoms with Crippen molar-refractivity contribution in [1.29, 1.82) is 0 Å². The summed E-state index contributed by atoms with van der Waals surface area (Å²) < 4.78 is 1.79. The largest absolute Gasteiger partial charge is 0.342 e. The Kier molecular flexibility index (Phi) is 6.35. The number of aromatic nitrogens is 3. The van der Waals surface area contributed by atoms with Gasteiger partial charge in [-0.1, -0.05) is 37.3 Å². The van der Waals surface area contributed by atoms with Crippen molar-refractivity contribution in [2.75, 3.05) is 20.1 Å². The lowest BCUT2D eigenvalue weighted by atomic mass is 9.93. The van der Waals surface area contributed by atoms with Gasteiger partial charge in [-0.15, -0.1) is 0 Å². The molecule has 0 radical (unpaired) electrons. The van der Waals surface area contributed by atoms with Crippen LogP contribution in [0.3, 0.4) is 0 Å². The average Bonchev–Trinajstić information content (AvgIpc) is 3.22. The van der Waals surface area contributed by atoms with Gasteiger partial charge < -0.3 is 9.80 Å². The van der Waals surface area contributed by atoms with Gasteiger partial charge in [-0.2, -0.15) is 5.10 Å². The van der Waals surface area contributed by atoms with Crippen molar-refractivity contribution < 1.29 is 9.59 Å². The zero-order valence-corrected chi connectivity index (χ0v) is 18.8. The number of nitrogens with zero attached hydrogens (tertiary/aromatic N) is 5. The maximum Gasteiger partial charge on any atom is 0.245 e. The predicted octanol–water partition coefficient (Wildman–Crippen LogP) is 2.80. The molecule has 1 fully saturated rings. The van der Waals surface area contributed by atoms with E-state index >= 15 is 0 Å². The van der Waals surface area contributed by atoms with Gasteiger partial charge in [0.05, 0.1) is 18.2 Å². The Morgan fingerprint density at radius 2 is 1.97 bits per heavy atom. The van der Waals surface area contributed by atoms with Crippen LogP contribution in [0.1, 0.15) is 18.2 Å². The molecule has 166 valence electrons. The molecule has 1 aliphatic rings. The minimum Gasteiger partial charge on any atom is -0.342 e. The van der Waals surface area contributed by atoms with Gasteiger partial charge in [0.25, 0.3) is 0 Å². The Hall–Kier alpha value is -3.48. The number of hydrogen-bond donors (Lipinski definition) is 0. The molecule has 0 spiro atoms. The zero-order chi connectivity index (χ0) is 22.7. The van der Waals surface area contributed by atoms with E-state index < -0.39 is 6.04 Å². The van der Waals surface area contributed by atoms with Crippen LogP contribution in [-0.4, -0.2) is 62.6 Å². The quantitative estimate of drug-likeness (QED) is 0.602. The van der Waals surface area contributed by atoms with Crippen molar-refractivity contribution in [2.24, 2.45) is 5.92 Å². The van der Waals surface area contributed by atoms with Crippen LogP contribution < -0.4 is 0 Å². The summed E-state index contributed by atoms with van der Waals surface area (Å²) in [5.41, 5.74) is 3.99. The first-order valence-electron chi connectivity index (χ1n) is 11.0. The van der Waals surface area contributed by atoms with E-state index in [1.165, 1.54) is 0 Å². The second kappa shape index (κ2) is 9.34. The van der Waals surface area contributed by atoms with E-state index in [0.29, 0.717) is 26.1 Å². The van der Waals surface area contributed by atoms with Gasteiger partial charge in [0.1, 0.15) is 6.04 Å². The highest BCUT2D eigenvalue weighted by molar-refractivity contribution is 5.90. The number of likely N-dealkylation sites (N-methyl/N-ethyl adjacent to an activating group) is 1. The topological polar surface area (TPSA) is 71.3 Å². The third-order valence-electron chi connectivity index (χ3n) is 6.06. The number of amides is 2. The molecule has 3 heterocycles. The molecule has 2 amide bonds. The molecule has 32 heavy (non-hydrogen) atoms. The summed E-state index contributed by atoms with van der Waals surface area (Å²) >= 11 is 0. The molecule has 0 N–H and O–H groups in total. The van der Waals surface area contributed by atoms with Crippen molar-refractivity contribution >= 4 is 11.8 Å². The van der Waals surface area contributed by atoms with E-state index in [0.717, 1.165) is 22.4 Å². The number of carbonyl (C=O) groups is 2. The Bertz CT molecular complexity index is 1090. The van der Waals surface area contributed by atoms with Crippen LogP contribution in [0, 0.1) is 12.8 Å². The number of benzene rings is 1. The molecule has 0 unspecified atom stereocenters. The molecule has 1 saturated heterocycles. The first kappa shape index (κ1) is 21.7. The number of piperazine rings is 1. The summed E-state index contributed by atoms with van der Waals surface area (Å²) in [6.45, 7) is 5.40. The van der Waals surface area contributed by atoms with E-state index in [4.69, 9.17) is 0 Å². The standard InChI is InChI=1S/C25H29N5O2/c1-18(17-29-12-10-19(2)27-29)24(31)30-14-13-28(3)25(32)23(30)15-20-7-4-5-9-22(20)21-8-6-11-26-16-21/h4-12,16,18,23H,13-15,17H2,1-3H3/t18-,23+/m0/s1. The molecule has 1 aromatic carbocycles. The maximum atomic E-state index is 13.4. The van der Waals surface area contributed by atoms with Crippen LogP contribution in [0.4, 0.5) is 0 Å². The Labute approximate surface area is 188 Å². The SMILES string of the molecule is Cc1ccn(C[C@H](C)C(=O)N2CCN(C)C(=O)[C@H]2Cc2ccccc2-c2cccnc2)n1. The fourth-order valence-corrected chi connectivity index (χ4v) is 4.29. The highest BCUT2D eigenvalue weighted by Crippen LogP contribution is 2.27. The number of hydrogen-bond acceptors (Lipinski definition) is 4. The average molecular weight is 432 g/mol. The fourth-order valence-electron chi connectivity index (χ4n) is 4.29. The van der Waals surface area contributed by atoms with Crippen molar-refractivity contribution in [3.63, 3.8) is 0 Å².